The first-order valence-corrected chi connectivity index (χ1v) is 31.2. The van der Waals surface area contributed by atoms with Crippen LogP contribution >= 0.6 is 34.8 Å². The molecular formula is C67H108Cl3N5O7. The molecule has 12 nitrogen and oxygen atoms in total. The summed E-state index contributed by atoms with van der Waals surface area (Å²) in [6, 6.07) is 25.1. The quantitative estimate of drug-likeness (QED) is 0.100. The van der Waals surface area contributed by atoms with E-state index in [-0.39, 0.29) is 43.5 Å². The Kier molecular flexibility index (Phi) is 37.4. The van der Waals surface area contributed by atoms with Crippen molar-refractivity contribution >= 4 is 69.8 Å². The zero-order valence-electron chi connectivity index (χ0n) is 54.3. The van der Waals surface area contributed by atoms with Crippen LogP contribution in [0.2, 0.25) is 15.1 Å². The molecule has 2 N–H and O–H groups in total. The fourth-order valence-corrected chi connectivity index (χ4v) is 9.20. The normalized spacial score (nSPS) is 14.5. The third kappa shape index (κ3) is 32.3. The number of benzene rings is 4. The monoisotopic (exact) mass is 1200 g/mol. The molecule has 4 amide bonds. The van der Waals surface area contributed by atoms with Crippen LogP contribution in [0.1, 0.15) is 186 Å². The number of aryl methyl sites for hydroxylation is 2. The predicted molar refractivity (Wildman–Crippen MR) is 348 cm³/mol. The largest absolute Gasteiger partial charge is 0.444 e. The topological polar surface area (TPSA) is 130 Å². The van der Waals surface area contributed by atoms with Crippen LogP contribution in [-0.4, -0.2) is 113 Å². The van der Waals surface area contributed by atoms with Gasteiger partial charge in [0, 0.05) is 72.5 Å². The van der Waals surface area contributed by atoms with Gasteiger partial charge in [0.1, 0.15) is 16.8 Å². The fourth-order valence-electron chi connectivity index (χ4n) is 8.57. The molecule has 15 heteroatoms. The number of hydrogen-bond acceptors (Lipinski definition) is 8. The maximum absolute atomic E-state index is 14.5. The average Bonchev–Trinajstić information content (AvgIpc) is 3.39. The van der Waals surface area contributed by atoms with E-state index in [1.54, 1.807) is 31.7 Å². The SMILES string of the molecule is CC.CC.CC.CCCC.Cc1cc(Cl)ccc1C[C@H](CN1C[C@@H](CC(C)C)N(C(=O)Cc2ccc3ccccc3c2)CC1CCCN(CCNC(=O)OC(C)(C)C)C(=O)OC(C)(C)C)NC(=O)OC(C)(C)C.Cc1ccc(Cl)cc1Cl. The number of unbranched alkanes of at least 4 members (excludes halogenated alkanes) is 1. The van der Waals surface area contributed by atoms with Crippen LogP contribution in [0.4, 0.5) is 14.4 Å². The van der Waals surface area contributed by atoms with E-state index in [0.717, 1.165) is 44.5 Å². The molecule has 3 atom stereocenters. The number of halogens is 3. The zero-order chi connectivity index (χ0) is 63.0. The minimum absolute atomic E-state index is 0.0640. The van der Waals surface area contributed by atoms with Gasteiger partial charge < -0.3 is 34.6 Å². The first-order chi connectivity index (χ1) is 38.4. The second-order valence-electron chi connectivity index (χ2n) is 23.3. The van der Waals surface area contributed by atoms with Gasteiger partial charge in [-0.2, -0.15) is 0 Å². The molecule has 1 aliphatic heterocycles. The van der Waals surface area contributed by atoms with Crippen molar-refractivity contribution < 1.29 is 33.4 Å². The van der Waals surface area contributed by atoms with Crippen molar-refractivity contribution in [2.45, 2.75) is 225 Å². The van der Waals surface area contributed by atoms with Gasteiger partial charge in [-0.05, 0) is 165 Å². The third-order valence-electron chi connectivity index (χ3n) is 12.3. The first kappa shape index (κ1) is 77.2. The number of piperazine rings is 1. The minimum Gasteiger partial charge on any atom is -0.444 e. The van der Waals surface area contributed by atoms with E-state index in [1.165, 1.54) is 12.8 Å². The highest BCUT2D eigenvalue weighted by Crippen LogP contribution is 2.28. The molecule has 5 rings (SSSR count). The second kappa shape index (κ2) is 39.7. The molecular weight excluding hydrogens is 1090 g/mol. The lowest BCUT2D eigenvalue weighted by atomic mass is 9.93. The highest BCUT2D eigenvalue weighted by Gasteiger charge is 2.38. The van der Waals surface area contributed by atoms with Crippen molar-refractivity contribution in [3.8, 4) is 0 Å². The molecule has 1 heterocycles. The molecule has 0 aromatic heterocycles. The summed E-state index contributed by atoms with van der Waals surface area (Å²) in [4.78, 5) is 60.1. The number of nitrogens with one attached hydrogen (secondary N) is 2. The lowest BCUT2D eigenvalue weighted by Gasteiger charge is -2.48. The molecule has 464 valence electrons. The van der Waals surface area contributed by atoms with Crippen molar-refractivity contribution in [2.24, 2.45) is 5.92 Å². The molecule has 1 aliphatic rings. The number of amides is 4. The summed E-state index contributed by atoms with van der Waals surface area (Å²) in [7, 11) is 0. The van der Waals surface area contributed by atoms with Crippen molar-refractivity contribution in [2.75, 3.05) is 39.3 Å². The second-order valence-corrected chi connectivity index (χ2v) is 24.6. The van der Waals surface area contributed by atoms with Gasteiger partial charge in [0.05, 0.1) is 6.42 Å². The van der Waals surface area contributed by atoms with Gasteiger partial charge in [0.25, 0.3) is 0 Å². The maximum atomic E-state index is 14.5. The molecule has 4 aromatic carbocycles. The number of fused-ring (bicyclic) bond motifs is 1. The molecule has 1 unspecified atom stereocenters. The van der Waals surface area contributed by atoms with E-state index in [2.05, 4.69) is 72.4 Å². The summed E-state index contributed by atoms with van der Waals surface area (Å²) >= 11 is 17.7. The Morgan fingerprint density at radius 1 is 0.659 bits per heavy atom. The van der Waals surface area contributed by atoms with Crippen LogP contribution < -0.4 is 10.6 Å². The standard InChI is InChI=1S/C50H74ClN5O7.C7H6Cl2.C4H10.3C2H6/c1-34(2)26-43-32-55(31-41(53-46(59)62-49(7,8)9)30-38-21-22-40(51)27-35(38)3)42(33-56(43)44(57)29-36-19-20-37-16-13-14-17-39(37)28-36)18-15-24-54(47(60)63-50(10,11)12)25-23-52-45(58)61-48(4,5)6;1-5-2-3-6(8)4-7(5)9;1-3-4-2;3*1-2/h13-14,16-17,19-22,27-28,34,41-43H,15,18,23-26,29-33H2,1-12H3,(H,52,58)(H,53,59);2-4H,1H3;3-4H2,1-2H3;3*1-2H3/t41-,42?,43-;;;;;/m1...../s1. The van der Waals surface area contributed by atoms with Gasteiger partial charge >= 0.3 is 18.3 Å². The Morgan fingerprint density at radius 3 is 1.76 bits per heavy atom. The van der Waals surface area contributed by atoms with Gasteiger partial charge in [-0.1, -0.05) is 171 Å². The predicted octanol–water partition coefficient (Wildman–Crippen LogP) is 18.1. The van der Waals surface area contributed by atoms with Gasteiger partial charge in [-0.3, -0.25) is 9.69 Å². The average molecular weight is 1200 g/mol. The van der Waals surface area contributed by atoms with Gasteiger partial charge in [0.2, 0.25) is 5.91 Å². The lowest BCUT2D eigenvalue weighted by molar-refractivity contribution is -0.138. The van der Waals surface area contributed by atoms with E-state index >= 15 is 0 Å². The van der Waals surface area contributed by atoms with Crippen LogP contribution in [0.15, 0.2) is 78.9 Å². The number of alkyl carbamates (subject to hydrolysis) is 2. The molecule has 0 spiro atoms. The van der Waals surface area contributed by atoms with Crippen LogP contribution in [0, 0.1) is 19.8 Å². The van der Waals surface area contributed by atoms with E-state index in [1.807, 2.05) is 145 Å². The van der Waals surface area contributed by atoms with Crippen LogP contribution in [0.3, 0.4) is 0 Å². The Labute approximate surface area is 512 Å². The minimum atomic E-state index is -0.718. The Morgan fingerprint density at radius 2 is 1.22 bits per heavy atom. The third-order valence-corrected chi connectivity index (χ3v) is 13.2. The number of hydrogen-bond donors (Lipinski definition) is 2. The Balaban J connectivity index is 0.00000298. The summed E-state index contributed by atoms with van der Waals surface area (Å²) in [6.45, 7) is 43.4. The van der Waals surface area contributed by atoms with Gasteiger partial charge in [0.15, 0.2) is 0 Å². The summed E-state index contributed by atoms with van der Waals surface area (Å²) in [5.41, 5.74) is 2.05. The number of carbonyl (C=O) groups is 4. The highest BCUT2D eigenvalue weighted by molar-refractivity contribution is 6.35. The molecule has 4 aromatic rings. The number of ether oxygens (including phenoxy) is 3. The zero-order valence-corrected chi connectivity index (χ0v) is 56.6. The maximum Gasteiger partial charge on any atom is 0.410 e. The van der Waals surface area contributed by atoms with Crippen molar-refractivity contribution in [3.63, 3.8) is 0 Å². The molecule has 1 fully saturated rings. The summed E-state index contributed by atoms with van der Waals surface area (Å²) < 4.78 is 17.0. The van der Waals surface area contributed by atoms with E-state index < -0.39 is 35.1 Å². The smallest absolute Gasteiger partial charge is 0.410 e. The van der Waals surface area contributed by atoms with E-state index in [9.17, 15) is 19.2 Å². The fraction of sp³-hybridized carbons (Fsp3) is 0.612. The van der Waals surface area contributed by atoms with Crippen LogP contribution in [0.5, 0.6) is 0 Å². The number of carbonyl (C=O) groups excluding carboxylic acids is 4. The van der Waals surface area contributed by atoms with Crippen molar-refractivity contribution in [3.05, 3.63) is 116 Å². The van der Waals surface area contributed by atoms with Crippen LogP contribution in [0.25, 0.3) is 10.8 Å². The van der Waals surface area contributed by atoms with Crippen molar-refractivity contribution in [1.29, 1.82) is 0 Å². The molecule has 0 aliphatic carbocycles. The lowest BCUT2D eigenvalue weighted by Crippen LogP contribution is -2.62. The van der Waals surface area contributed by atoms with Gasteiger partial charge in [-0.25, -0.2) is 14.4 Å². The van der Waals surface area contributed by atoms with Gasteiger partial charge in [-0.15, -0.1) is 0 Å². The number of rotatable bonds is 17. The molecule has 0 bridgehead atoms. The molecule has 0 saturated carbocycles. The summed E-state index contributed by atoms with van der Waals surface area (Å²) in [5.74, 6) is 0.401. The summed E-state index contributed by atoms with van der Waals surface area (Å²) in [6.07, 6.45) is 3.98. The van der Waals surface area contributed by atoms with Crippen LogP contribution in [-0.2, 0) is 31.8 Å². The van der Waals surface area contributed by atoms with E-state index in [4.69, 9.17) is 49.0 Å². The summed E-state index contributed by atoms with van der Waals surface area (Å²) in [5, 5.41) is 10.2. The number of nitrogens with zero attached hydrogens (tertiary/aromatic N) is 3. The Hall–Kier alpha value is -4.75. The first-order valence-electron chi connectivity index (χ1n) is 30.1. The molecule has 0 radical (unpaired) electrons. The van der Waals surface area contributed by atoms with Crippen molar-refractivity contribution in [1.82, 2.24) is 25.3 Å². The molecule has 1 saturated heterocycles. The Bertz CT molecular complexity index is 2470. The van der Waals surface area contributed by atoms with E-state index in [0.29, 0.717) is 61.4 Å². The molecule has 82 heavy (non-hydrogen) atoms. The highest BCUT2D eigenvalue weighted by atomic mass is 35.5.